The number of oxime groups is 1. The summed E-state index contributed by atoms with van der Waals surface area (Å²) in [5.74, 6) is 0.769. The topological polar surface area (TPSA) is 63.2 Å². The molecule has 0 fully saturated rings. The lowest BCUT2D eigenvalue weighted by Gasteiger charge is -2.25. The molecule has 1 aliphatic rings. The molecule has 1 aliphatic heterocycles. The minimum atomic E-state index is -0.184. The quantitative estimate of drug-likeness (QED) is 0.816. The predicted octanol–water partition coefficient (Wildman–Crippen LogP) is 3.42. The van der Waals surface area contributed by atoms with E-state index in [9.17, 15) is 4.79 Å². The molecule has 0 spiro atoms. The van der Waals surface area contributed by atoms with E-state index >= 15 is 0 Å². The van der Waals surface area contributed by atoms with Crippen molar-refractivity contribution in [3.8, 4) is 5.75 Å². The summed E-state index contributed by atoms with van der Waals surface area (Å²) in [6.45, 7) is 3.48. The van der Waals surface area contributed by atoms with Gasteiger partial charge in [-0.05, 0) is 24.6 Å². The van der Waals surface area contributed by atoms with Crippen LogP contribution in [-0.4, -0.2) is 42.9 Å². The summed E-state index contributed by atoms with van der Waals surface area (Å²) in [6.07, 6.45) is 0.446. The van der Waals surface area contributed by atoms with Crippen LogP contribution < -0.4 is 10.1 Å². The fourth-order valence-electron chi connectivity index (χ4n) is 3.10. The van der Waals surface area contributed by atoms with Crippen molar-refractivity contribution in [2.45, 2.75) is 26.0 Å². The van der Waals surface area contributed by atoms with Crippen LogP contribution in [0.3, 0.4) is 0 Å². The van der Waals surface area contributed by atoms with E-state index in [1.54, 1.807) is 12.0 Å². The van der Waals surface area contributed by atoms with Gasteiger partial charge in [0.1, 0.15) is 5.75 Å². The third-order valence-corrected chi connectivity index (χ3v) is 4.41. The fourth-order valence-corrected chi connectivity index (χ4v) is 3.10. The van der Waals surface area contributed by atoms with Gasteiger partial charge in [-0.3, -0.25) is 0 Å². The van der Waals surface area contributed by atoms with Crippen LogP contribution in [0.1, 0.15) is 24.5 Å². The molecule has 2 aromatic rings. The average molecular weight is 367 g/mol. The standard InChI is InChI=1S/C21H25N3O3/c1-3-22-21(25)24(14-16-9-5-4-6-10-16)15-17-13-19(23-27-17)18-11-7-8-12-20(18)26-2/h4-12,17H,3,13-15H2,1-2H3,(H,22,25)/t17-/m1/s1. The van der Waals surface area contributed by atoms with Crippen molar-refractivity contribution >= 4 is 11.7 Å². The zero-order valence-electron chi connectivity index (χ0n) is 15.7. The summed E-state index contributed by atoms with van der Waals surface area (Å²) < 4.78 is 5.41. The molecule has 0 unspecified atom stereocenters. The molecule has 6 heteroatoms. The highest BCUT2D eigenvalue weighted by Crippen LogP contribution is 2.25. The molecule has 0 bridgehead atoms. The maximum absolute atomic E-state index is 12.5. The Kier molecular flexibility index (Phi) is 6.30. The molecular weight excluding hydrogens is 342 g/mol. The Morgan fingerprint density at radius 2 is 1.96 bits per heavy atom. The molecule has 27 heavy (non-hydrogen) atoms. The Hall–Kier alpha value is -3.02. The summed E-state index contributed by atoms with van der Waals surface area (Å²) in [6, 6.07) is 17.6. The van der Waals surface area contributed by atoms with Gasteiger partial charge >= 0.3 is 6.03 Å². The van der Waals surface area contributed by atoms with Gasteiger partial charge in [0, 0.05) is 25.1 Å². The molecule has 0 saturated carbocycles. The van der Waals surface area contributed by atoms with Crippen molar-refractivity contribution in [1.82, 2.24) is 10.2 Å². The molecule has 1 N–H and O–H groups in total. The third-order valence-electron chi connectivity index (χ3n) is 4.41. The summed E-state index contributed by atoms with van der Waals surface area (Å²) in [7, 11) is 1.64. The van der Waals surface area contributed by atoms with Crippen LogP contribution >= 0.6 is 0 Å². The van der Waals surface area contributed by atoms with Crippen molar-refractivity contribution in [3.63, 3.8) is 0 Å². The van der Waals surface area contributed by atoms with E-state index < -0.39 is 0 Å². The summed E-state index contributed by atoms with van der Waals surface area (Å²) >= 11 is 0. The first-order valence-electron chi connectivity index (χ1n) is 9.14. The number of nitrogens with one attached hydrogen (secondary N) is 1. The Balaban J connectivity index is 1.67. The van der Waals surface area contributed by atoms with Gasteiger partial charge in [-0.25, -0.2) is 4.79 Å². The number of nitrogens with zero attached hydrogens (tertiary/aromatic N) is 2. The largest absolute Gasteiger partial charge is 0.496 e. The number of benzene rings is 2. The van der Waals surface area contributed by atoms with E-state index in [4.69, 9.17) is 9.57 Å². The molecule has 6 nitrogen and oxygen atoms in total. The lowest BCUT2D eigenvalue weighted by Crippen LogP contribution is -2.43. The van der Waals surface area contributed by atoms with Crippen molar-refractivity contribution in [2.75, 3.05) is 20.2 Å². The molecule has 2 aromatic carbocycles. The van der Waals surface area contributed by atoms with E-state index in [0.29, 0.717) is 26.1 Å². The third kappa shape index (κ3) is 4.78. The van der Waals surface area contributed by atoms with Gasteiger partial charge < -0.3 is 19.8 Å². The zero-order chi connectivity index (χ0) is 19.1. The molecule has 142 valence electrons. The zero-order valence-corrected chi connectivity index (χ0v) is 15.7. The van der Waals surface area contributed by atoms with Crippen LogP contribution in [0.5, 0.6) is 5.75 Å². The molecule has 0 radical (unpaired) electrons. The smallest absolute Gasteiger partial charge is 0.317 e. The summed E-state index contributed by atoms with van der Waals surface area (Å²) in [5.41, 5.74) is 2.84. The van der Waals surface area contributed by atoms with Gasteiger partial charge in [0.25, 0.3) is 0 Å². The molecule has 1 atom stereocenters. The van der Waals surface area contributed by atoms with Crippen molar-refractivity contribution in [1.29, 1.82) is 0 Å². The number of hydrogen-bond acceptors (Lipinski definition) is 4. The van der Waals surface area contributed by atoms with Crippen LogP contribution in [-0.2, 0) is 11.4 Å². The molecule has 0 aromatic heterocycles. The first-order valence-corrected chi connectivity index (χ1v) is 9.14. The molecule has 1 heterocycles. The second-order valence-electron chi connectivity index (χ2n) is 6.37. The minimum Gasteiger partial charge on any atom is -0.496 e. The van der Waals surface area contributed by atoms with Crippen molar-refractivity contribution < 1.29 is 14.4 Å². The number of hydrogen-bond donors (Lipinski definition) is 1. The highest BCUT2D eigenvalue weighted by atomic mass is 16.6. The monoisotopic (exact) mass is 367 g/mol. The molecule has 3 rings (SSSR count). The van der Waals surface area contributed by atoms with Gasteiger partial charge in [-0.2, -0.15) is 0 Å². The first-order chi connectivity index (χ1) is 13.2. The second-order valence-corrected chi connectivity index (χ2v) is 6.37. The van der Waals surface area contributed by atoms with Gasteiger partial charge in [0.2, 0.25) is 0 Å². The fraction of sp³-hybridized carbons (Fsp3) is 0.333. The average Bonchev–Trinajstić information content (AvgIpc) is 3.17. The van der Waals surface area contributed by atoms with Crippen LogP contribution in [0.15, 0.2) is 59.8 Å². The highest BCUT2D eigenvalue weighted by molar-refractivity contribution is 6.03. The maximum Gasteiger partial charge on any atom is 0.317 e. The van der Waals surface area contributed by atoms with Crippen LogP contribution in [0.2, 0.25) is 0 Å². The second kappa shape index (κ2) is 9.07. The number of rotatable bonds is 7. The lowest BCUT2D eigenvalue weighted by molar-refractivity contribution is 0.0590. The number of methoxy groups -OCH3 is 1. The highest BCUT2D eigenvalue weighted by Gasteiger charge is 2.28. The van der Waals surface area contributed by atoms with Crippen molar-refractivity contribution in [3.05, 3.63) is 65.7 Å². The number of ether oxygens (including phenoxy) is 1. The van der Waals surface area contributed by atoms with E-state index in [1.807, 2.05) is 61.5 Å². The normalized spacial score (nSPS) is 15.6. The number of amides is 2. The van der Waals surface area contributed by atoms with E-state index in [-0.39, 0.29) is 12.1 Å². The minimum absolute atomic E-state index is 0.101. The lowest BCUT2D eigenvalue weighted by atomic mass is 10.0. The molecule has 0 aliphatic carbocycles. The van der Waals surface area contributed by atoms with Crippen LogP contribution in [0, 0.1) is 0 Å². The number of carbonyl (C=O) groups excluding carboxylic acids is 1. The molecule has 2 amide bonds. The summed E-state index contributed by atoms with van der Waals surface area (Å²) in [4.78, 5) is 19.9. The predicted molar refractivity (Wildman–Crippen MR) is 105 cm³/mol. The SMILES string of the molecule is CCNC(=O)N(Cc1ccccc1)C[C@H]1CC(c2ccccc2OC)=NO1. The maximum atomic E-state index is 12.5. The number of carbonyl (C=O) groups is 1. The van der Waals surface area contributed by atoms with Crippen LogP contribution in [0.25, 0.3) is 0 Å². The van der Waals surface area contributed by atoms with Gasteiger partial charge in [0.15, 0.2) is 6.10 Å². The molecular formula is C21H25N3O3. The Morgan fingerprint density at radius 3 is 2.70 bits per heavy atom. The Labute approximate surface area is 159 Å². The summed E-state index contributed by atoms with van der Waals surface area (Å²) in [5, 5.41) is 7.11. The van der Waals surface area contributed by atoms with Gasteiger partial charge in [-0.1, -0.05) is 47.6 Å². The van der Waals surface area contributed by atoms with Crippen molar-refractivity contribution in [2.24, 2.45) is 5.16 Å². The van der Waals surface area contributed by atoms with Gasteiger partial charge in [0.05, 0.1) is 19.4 Å². The van der Waals surface area contributed by atoms with E-state index in [1.165, 1.54) is 0 Å². The van der Waals surface area contributed by atoms with Gasteiger partial charge in [-0.15, -0.1) is 0 Å². The van der Waals surface area contributed by atoms with E-state index in [2.05, 4.69) is 10.5 Å². The molecule has 0 saturated heterocycles. The Bertz CT molecular complexity index is 792. The van der Waals surface area contributed by atoms with E-state index in [0.717, 1.165) is 22.6 Å². The first kappa shape index (κ1) is 18.8. The van der Waals surface area contributed by atoms with Crippen LogP contribution in [0.4, 0.5) is 4.79 Å². The number of urea groups is 1. The Morgan fingerprint density at radius 1 is 1.22 bits per heavy atom. The number of para-hydroxylation sites is 1.